The maximum Gasteiger partial charge on any atom is 0.246 e. The number of rotatable bonds is 5. The number of hydrogen-bond donors (Lipinski definition) is 0. The fourth-order valence-electron chi connectivity index (χ4n) is 3.30. The average molecular weight is 371 g/mol. The molecule has 1 aromatic heterocycles. The zero-order valence-corrected chi connectivity index (χ0v) is 16.2. The molecule has 8 nitrogen and oxygen atoms in total. The smallest absolute Gasteiger partial charge is 0.246 e. The second-order valence-electron chi connectivity index (χ2n) is 6.80. The Bertz CT molecular complexity index is 848. The van der Waals surface area contributed by atoms with Gasteiger partial charge in [0, 0.05) is 24.8 Å². The van der Waals surface area contributed by atoms with Crippen LogP contribution in [0.15, 0.2) is 24.3 Å². The summed E-state index contributed by atoms with van der Waals surface area (Å²) in [7, 11) is 1.59. The number of ether oxygens (including phenoxy) is 1. The minimum atomic E-state index is -0.277. The molecule has 2 heterocycles. The summed E-state index contributed by atoms with van der Waals surface area (Å²) < 4.78 is 6.97. The Morgan fingerprint density at radius 2 is 2.07 bits per heavy atom. The lowest BCUT2D eigenvalue weighted by Gasteiger charge is -2.35. The van der Waals surface area contributed by atoms with Gasteiger partial charge in [-0.3, -0.25) is 9.59 Å². The van der Waals surface area contributed by atoms with Crippen molar-refractivity contribution in [2.75, 3.05) is 31.6 Å². The molecule has 1 aliphatic rings. The van der Waals surface area contributed by atoms with Crippen molar-refractivity contribution in [3.8, 4) is 5.75 Å². The number of piperazine rings is 1. The zero-order chi connectivity index (χ0) is 19.6. The predicted octanol–water partition coefficient (Wildman–Crippen LogP) is 1.42. The molecule has 8 heteroatoms. The molecule has 1 aromatic carbocycles. The summed E-state index contributed by atoms with van der Waals surface area (Å²) in [5.41, 5.74) is 0.785. The Hall–Kier alpha value is -2.90. The standard InChI is InChI=1S/C19H25N5O3/c1-13(11-24-15(3)20-14(2)21-24)19(26)22-8-9-23(18(25)12-22)16-6-5-7-17(10-16)27-4/h5-7,10,13H,8-9,11-12H2,1-4H3/t13-/m1/s1. The number of carbonyl (C=O) groups is 2. The molecule has 1 saturated heterocycles. The number of benzene rings is 1. The maximum atomic E-state index is 12.8. The summed E-state index contributed by atoms with van der Waals surface area (Å²) in [5, 5.41) is 4.31. The highest BCUT2D eigenvalue weighted by molar-refractivity contribution is 5.98. The van der Waals surface area contributed by atoms with Crippen molar-refractivity contribution >= 4 is 17.5 Å². The SMILES string of the molecule is COc1cccc(N2CCN(C(=O)[C@H](C)Cn3nc(C)nc3C)CC2=O)c1. The zero-order valence-electron chi connectivity index (χ0n) is 16.2. The molecule has 0 bridgehead atoms. The number of anilines is 1. The van der Waals surface area contributed by atoms with E-state index in [1.165, 1.54) is 0 Å². The first-order valence-electron chi connectivity index (χ1n) is 9.00. The third-order valence-corrected chi connectivity index (χ3v) is 4.73. The van der Waals surface area contributed by atoms with Gasteiger partial charge in [-0.25, -0.2) is 9.67 Å². The Kier molecular flexibility index (Phi) is 5.43. The lowest BCUT2D eigenvalue weighted by molar-refractivity contribution is -0.140. The molecule has 2 aromatic rings. The van der Waals surface area contributed by atoms with E-state index in [-0.39, 0.29) is 24.3 Å². The maximum absolute atomic E-state index is 12.8. The van der Waals surface area contributed by atoms with Gasteiger partial charge in [0.25, 0.3) is 0 Å². The van der Waals surface area contributed by atoms with Crippen LogP contribution in [-0.2, 0) is 16.1 Å². The van der Waals surface area contributed by atoms with Crippen molar-refractivity contribution in [2.45, 2.75) is 27.3 Å². The third kappa shape index (κ3) is 4.10. The summed E-state index contributed by atoms with van der Waals surface area (Å²) in [4.78, 5) is 33.0. The van der Waals surface area contributed by atoms with E-state index in [0.717, 1.165) is 11.5 Å². The van der Waals surface area contributed by atoms with Gasteiger partial charge in [0.1, 0.15) is 23.9 Å². The van der Waals surface area contributed by atoms with Gasteiger partial charge >= 0.3 is 0 Å². The van der Waals surface area contributed by atoms with Crippen LogP contribution in [0.3, 0.4) is 0 Å². The van der Waals surface area contributed by atoms with Crippen LogP contribution in [0.4, 0.5) is 5.69 Å². The van der Waals surface area contributed by atoms with Crippen LogP contribution in [0.1, 0.15) is 18.6 Å². The molecule has 0 spiro atoms. The minimum Gasteiger partial charge on any atom is -0.497 e. The lowest BCUT2D eigenvalue weighted by Crippen LogP contribution is -2.53. The van der Waals surface area contributed by atoms with E-state index in [9.17, 15) is 9.59 Å². The van der Waals surface area contributed by atoms with Crippen molar-refractivity contribution in [1.29, 1.82) is 0 Å². The number of aromatic nitrogens is 3. The molecule has 27 heavy (non-hydrogen) atoms. The van der Waals surface area contributed by atoms with E-state index < -0.39 is 0 Å². The molecular formula is C19H25N5O3. The van der Waals surface area contributed by atoms with Gasteiger partial charge in [0.2, 0.25) is 11.8 Å². The molecule has 2 amide bonds. The highest BCUT2D eigenvalue weighted by atomic mass is 16.5. The second-order valence-corrected chi connectivity index (χ2v) is 6.80. The number of nitrogens with zero attached hydrogens (tertiary/aromatic N) is 5. The van der Waals surface area contributed by atoms with Crippen LogP contribution in [-0.4, -0.2) is 58.2 Å². The third-order valence-electron chi connectivity index (χ3n) is 4.73. The van der Waals surface area contributed by atoms with Gasteiger partial charge in [-0.2, -0.15) is 5.10 Å². The fraction of sp³-hybridized carbons (Fsp3) is 0.474. The van der Waals surface area contributed by atoms with Crippen LogP contribution < -0.4 is 9.64 Å². The summed E-state index contributed by atoms with van der Waals surface area (Å²) in [5.74, 6) is 1.76. The quantitative estimate of drug-likeness (QED) is 0.794. The van der Waals surface area contributed by atoms with E-state index in [1.807, 2.05) is 45.0 Å². The largest absolute Gasteiger partial charge is 0.497 e. The number of methoxy groups -OCH3 is 1. The van der Waals surface area contributed by atoms with Crippen LogP contribution in [0.2, 0.25) is 0 Å². The molecule has 0 N–H and O–H groups in total. The van der Waals surface area contributed by atoms with Crippen molar-refractivity contribution in [3.63, 3.8) is 0 Å². The van der Waals surface area contributed by atoms with Gasteiger partial charge in [0.05, 0.1) is 19.6 Å². The Morgan fingerprint density at radius 3 is 2.70 bits per heavy atom. The van der Waals surface area contributed by atoms with Crippen LogP contribution in [0.25, 0.3) is 0 Å². The molecule has 0 saturated carbocycles. The fourth-order valence-corrected chi connectivity index (χ4v) is 3.30. The summed E-state index contributed by atoms with van der Waals surface area (Å²) >= 11 is 0. The van der Waals surface area contributed by atoms with Gasteiger partial charge in [0.15, 0.2) is 0 Å². The van der Waals surface area contributed by atoms with Crippen LogP contribution in [0, 0.1) is 19.8 Å². The first kappa shape index (κ1) is 18.9. The van der Waals surface area contributed by atoms with Crippen molar-refractivity contribution in [2.24, 2.45) is 5.92 Å². The molecule has 0 unspecified atom stereocenters. The Labute approximate surface area is 158 Å². The van der Waals surface area contributed by atoms with Gasteiger partial charge in [-0.15, -0.1) is 0 Å². The lowest BCUT2D eigenvalue weighted by atomic mass is 10.1. The predicted molar refractivity (Wildman–Crippen MR) is 101 cm³/mol. The van der Waals surface area contributed by atoms with Crippen LogP contribution in [0.5, 0.6) is 5.75 Å². The molecule has 3 rings (SSSR count). The van der Waals surface area contributed by atoms with E-state index in [1.54, 1.807) is 21.6 Å². The number of amides is 2. The highest BCUT2D eigenvalue weighted by Gasteiger charge is 2.30. The highest BCUT2D eigenvalue weighted by Crippen LogP contribution is 2.23. The normalized spacial score (nSPS) is 15.8. The molecule has 1 atom stereocenters. The molecular weight excluding hydrogens is 346 g/mol. The van der Waals surface area contributed by atoms with Crippen molar-refractivity contribution < 1.29 is 14.3 Å². The number of hydrogen-bond acceptors (Lipinski definition) is 5. The number of carbonyl (C=O) groups excluding carboxylic acids is 2. The first-order valence-corrected chi connectivity index (χ1v) is 9.00. The minimum absolute atomic E-state index is 0.0406. The molecule has 144 valence electrons. The molecule has 0 aliphatic carbocycles. The summed E-state index contributed by atoms with van der Waals surface area (Å²) in [6, 6.07) is 7.39. The second kappa shape index (κ2) is 7.77. The molecule has 1 fully saturated rings. The Morgan fingerprint density at radius 1 is 1.30 bits per heavy atom. The van der Waals surface area contributed by atoms with Crippen molar-refractivity contribution in [1.82, 2.24) is 19.7 Å². The van der Waals surface area contributed by atoms with Gasteiger partial charge in [-0.05, 0) is 26.0 Å². The van der Waals surface area contributed by atoms with Gasteiger partial charge < -0.3 is 14.5 Å². The average Bonchev–Trinajstić information content (AvgIpc) is 2.97. The van der Waals surface area contributed by atoms with E-state index in [0.29, 0.717) is 31.2 Å². The summed E-state index contributed by atoms with van der Waals surface area (Å²) in [6.07, 6.45) is 0. The molecule has 0 radical (unpaired) electrons. The van der Waals surface area contributed by atoms with E-state index in [4.69, 9.17) is 4.74 Å². The first-order chi connectivity index (χ1) is 12.9. The molecule has 1 aliphatic heterocycles. The summed E-state index contributed by atoms with van der Waals surface area (Å²) in [6.45, 7) is 7.05. The van der Waals surface area contributed by atoms with Crippen LogP contribution >= 0.6 is 0 Å². The van der Waals surface area contributed by atoms with Crippen molar-refractivity contribution in [3.05, 3.63) is 35.9 Å². The monoisotopic (exact) mass is 371 g/mol. The Balaban J connectivity index is 1.63. The topological polar surface area (TPSA) is 80.6 Å². The van der Waals surface area contributed by atoms with E-state index in [2.05, 4.69) is 10.1 Å². The van der Waals surface area contributed by atoms with Gasteiger partial charge in [-0.1, -0.05) is 13.0 Å². The van der Waals surface area contributed by atoms with E-state index >= 15 is 0 Å². The number of aryl methyl sites for hydroxylation is 2.